The number of methoxy groups -OCH3 is 1. The van der Waals surface area contributed by atoms with Crippen LogP contribution in [0.15, 0.2) is 0 Å². The molecular formula is C13H20O4. The molecule has 3 unspecified atom stereocenters. The SMILES string of the molecule is CCCC1C(CC)C(=O)CC(=O)C1C(=O)OC. The molecule has 0 aromatic rings. The summed E-state index contributed by atoms with van der Waals surface area (Å²) in [4.78, 5) is 35.3. The second-order valence-corrected chi connectivity index (χ2v) is 4.58. The van der Waals surface area contributed by atoms with Crippen molar-refractivity contribution in [1.82, 2.24) is 0 Å². The van der Waals surface area contributed by atoms with Gasteiger partial charge in [-0.2, -0.15) is 0 Å². The Hall–Kier alpha value is -1.19. The zero-order valence-corrected chi connectivity index (χ0v) is 10.7. The number of hydrogen-bond acceptors (Lipinski definition) is 4. The van der Waals surface area contributed by atoms with Gasteiger partial charge in [-0.05, 0) is 18.8 Å². The molecule has 1 rings (SSSR count). The van der Waals surface area contributed by atoms with Gasteiger partial charge in [0.2, 0.25) is 0 Å². The monoisotopic (exact) mass is 240 g/mol. The van der Waals surface area contributed by atoms with Gasteiger partial charge in [0, 0.05) is 5.92 Å². The maximum absolute atomic E-state index is 11.8. The number of hydrogen-bond donors (Lipinski definition) is 0. The quantitative estimate of drug-likeness (QED) is 0.555. The van der Waals surface area contributed by atoms with Crippen LogP contribution in [0.25, 0.3) is 0 Å². The summed E-state index contributed by atoms with van der Waals surface area (Å²) in [5, 5.41) is 0. The van der Waals surface area contributed by atoms with Crippen molar-refractivity contribution in [2.24, 2.45) is 17.8 Å². The van der Waals surface area contributed by atoms with Gasteiger partial charge in [0.1, 0.15) is 11.7 Å². The van der Waals surface area contributed by atoms with Gasteiger partial charge in [-0.1, -0.05) is 20.3 Å². The van der Waals surface area contributed by atoms with Crippen molar-refractivity contribution in [3.63, 3.8) is 0 Å². The van der Waals surface area contributed by atoms with Crippen LogP contribution in [0, 0.1) is 17.8 Å². The van der Waals surface area contributed by atoms with Crippen molar-refractivity contribution < 1.29 is 19.1 Å². The second kappa shape index (κ2) is 5.94. The Morgan fingerprint density at radius 2 is 1.94 bits per heavy atom. The van der Waals surface area contributed by atoms with Crippen LogP contribution in [-0.4, -0.2) is 24.6 Å². The maximum Gasteiger partial charge on any atom is 0.316 e. The van der Waals surface area contributed by atoms with Crippen LogP contribution < -0.4 is 0 Å². The lowest BCUT2D eigenvalue weighted by Gasteiger charge is -2.34. The van der Waals surface area contributed by atoms with Gasteiger partial charge in [-0.3, -0.25) is 14.4 Å². The highest BCUT2D eigenvalue weighted by atomic mass is 16.5. The molecule has 1 fully saturated rings. The number of esters is 1. The minimum atomic E-state index is -0.734. The van der Waals surface area contributed by atoms with Gasteiger partial charge < -0.3 is 4.74 Å². The molecule has 0 heterocycles. The molecular weight excluding hydrogens is 220 g/mol. The molecule has 96 valence electrons. The average molecular weight is 240 g/mol. The van der Waals surface area contributed by atoms with Crippen molar-refractivity contribution in [1.29, 1.82) is 0 Å². The Morgan fingerprint density at radius 3 is 2.41 bits per heavy atom. The number of rotatable bonds is 4. The fourth-order valence-corrected chi connectivity index (χ4v) is 2.79. The van der Waals surface area contributed by atoms with E-state index in [0.29, 0.717) is 6.42 Å². The molecule has 1 aliphatic rings. The molecule has 0 bridgehead atoms. The zero-order valence-electron chi connectivity index (χ0n) is 10.7. The molecule has 1 saturated carbocycles. The number of Topliss-reactive ketones (excluding diaryl/α,β-unsaturated/α-hetero) is 2. The largest absolute Gasteiger partial charge is 0.468 e. The van der Waals surface area contributed by atoms with Crippen LogP contribution in [0.1, 0.15) is 39.5 Å². The lowest BCUT2D eigenvalue weighted by molar-refractivity contribution is -0.156. The van der Waals surface area contributed by atoms with Crippen LogP contribution >= 0.6 is 0 Å². The van der Waals surface area contributed by atoms with E-state index in [-0.39, 0.29) is 29.8 Å². The van der Waals surface area contributed by atoms with Gasteiger partial charge in [0.15, 0.2) is 5.78 Å². The van der Waals surface area contributed by atoms with E-state index in [1.165, 1.54) is 7.11 Å². The van der Waals surface area contributed by atoms with Gasteiger partial charge in [-0.15, -0.1) is 0 Å². The molecule has 0 aromatic carbocycles. The van der Waals surface area contributed by atoms with E-state index in [1.807, 2.05) is 13.8 Å². The van der Waals surface area contributed by atoms with E-state index in [4.69, 9.17) is 4.74 Å². The molecule has 4 nitrogen and oxygen atoms in total. The molecule has 0 amide bonds. The molecule has 0 aromatic heterocycles. The topological polar surface area (TPSA) is 60.4 Å². The molecule has 0 spiro atoms. The fraction of sp³-hybridized carbons (Fsp3) is 0.769. The second-order valence-electron chi connectivity index (χ2n) is 4.58. The third-order valence-corrected chi connectivity index (χ3v) is 3.57. The molecule has 3 atom stereocenters. The predicted molar refractivity (Wildman–Crippen MR) is 62.3 cm³/mol. The van der Waals surface area contributed by atoms with Crippen LogP contribution in [0.5, 0.6) is 0 Å². The smallest absolute Gasteiger partial charge is 0.316 e. The number of ketones is 2. The predicted octanol–water partition coefficient (Wildman–Crippen LogP) is 1.76. The number of carbonyl (C=O) groups is 3. The van der Waals surface area contributed by atoms with E-state index in [0.717, 1.165) is 12.8 Å². The standard InChI is InChI=1S/C13H20O4/c1-4-6-9-8(5-2)10(14)7-11(15)12(9)13(16)17-3/h8-9,12H,4-7H2,1-3H3. The minimum Gasteiger partial charge on any atom is -0.468 e. The summed E-state index contributed by atoms with van der Waals surface area (Å²) < 4.78 is 4.69. The van der Waals surface area contributed by atoms with Gasteiger partial charge in [0.25, 0.3) is 0 Å². The summed E-state index contributed by atoms with van der Waals surface area (Å²) in [6.45, 7) is 3.92. The van der Waals surface area contributed by atoms with Crippen LogP contribution in [0.3, 0.4) is 0 Å². The molecule has 0 radical (unpaired) electrons. The first-order valence-electron chi connectivity index (χ1n) is 6.20. The van der Waals surface area contributed by atoms with Gasteiger partial charge in [0.05, 0.1) is 13.5 Å². The maximum atomic E-state index is 11.8. The van der Waals surface area contributed by atoms with E-state index in [1.54, 1.807) is 0 Å². The summed E-state index contributed by atoms with van der Waals surface area (Å²) >= 11 is 0. The van der Waals surface area contributed by atoms with Crippen molar-refractivity contribution >= 4 is 17.5 Å². The summed E-state index contributed by atoms with van der Waals surface area (Å²) in [7, 11) is 1.29. The van der Waals surface area contributed by atoms with Crippen molar-refractivity contribution in [3.8, 4) is 0 Å². The molecule has 0 saturated heterocycles. The lowest BCUT2D eigenvalue weighted by atomic mass is 9.68. The molecule has 4 heteroatoms. The highest BCUT2D eigenvalue weighted by molar-refractivity contribution is 6.11. The van der Waals surface area contributed by atoms with Gasteiger partial charge >= 0.3 is 5.97 Å². The van der Waals surface area contributed by atoms with E-state index < -0.39 is 11.9 Å². The lowest BCUT2D eigenvalue weighted by Crippen LogP contribution is -2.45. The van der Waals surface area contributed by atoms with Crippen LogP contribution in [0.4, 0.5) is 0 Å². The first-order chi connectivity index (χ1) is 8.06. The molecule has 1 aliphatic carbocycles. The van der Waals surface area contributed by atoms with Crippen molar-refractivity contribution in [2.75, 3.05) is 7.11 Å². The highest BCUT2D eigenvalue weighted by Crippen LogP contribution is 2.36. The summed E-state index contributed by atoms with van der Waals surface area (Å²) in [6, 6.07) is 0. The van der Waals surface area contributed by atoms with E-state index >= 15 is 0 Å². The van der Waals surface area contributed by atoms with Crippen LogP contribution in [-0.2, 0) is 19.1 Å². The third-order valence-electron chi connectivity index (χ3n) is 3.57. The third kappa shape index (κ3) is 2.73. The number of ether oxygens (including phenoxy) is 1. The molecule has 0 aliphatic heterocycles. The normalized spacial score (nSPS) is 29.2. The van der Waals surface area contributed by atoms with Crippen LogP contribution in [0.2, 0.25) is 0 Å². The van der Waals surface area contributed by atoms with E-state index in [2.05, 4.69) is 0 Å². The van der Waals surface area contributed by atoms with Crippen molar-refractivity contribution in [2.45, 2.75) is 39.5 Å². The Morgan fingerprint density at radius 1 is 1.29 bits per heavy atom. The Kier molecular flexibility index (Phi) is 4.85. The average Bonchev–Trinajstić information content (AvgIpc) is 2.29. The van der Waals surface area contributed by atoms with Gasteiger partial charge in [-0.25, -0.2) is 0 Å². The van der Waals surface area contributed by atoms with E-state index in [9.17, 15) is 14.4 Å². The number of carbonyl (C=O) groups excluding carboxylic acids is 3. The van der Waals surface area contributed by atoms with Crippen molar-refractivity contribution in [3.05, 3.63) is 0 Å². The summed E-state index contributed by atoms with van der Waals surface area (Å²) in [5.74, 6) is -1.86. The molecule has 0 N–H and O–H groups in total. The zero-order chi connectivity index (χ0) is 13.0. The molecule has 17 heavy (non-hydrogen) atoms. The first kappa shape index (κ1) is 13.9. The minimum absolute atomic E-state index is 0.0175. The fourth-order valence-electron chi connectivity index (χ4n) is 2.79. The summed E-state index contributed by atoms with van der Waals surface area (Å²) in [5.41, 5.74) is 0. The first-order valence-corrected chi connectivity index (χ1v) is 6.20. The Bertz CT molecular complexity index is 321. The Balaban J connectivity index is 3.01. The Labute approximate surface area is 102 Å². The summed E-state index contributed by atoms with van der Waals surface area (Å²) in [6.07, 6.45) is 2.15. The highest BCUT2D eigenvalue weighted by Gasteiger charge is 2.46.